The molecule has 1 aromatic carbocycles. The molecular formula is C11H15NO2S. The SMILES string of the molecule is CC(C)(C)[S@@](=O)/N=C/c1ccccc1O. The molecular weight excluding hydrogens is 210 g/mol. The van der Waals surface area contributed by atoms with E-state index in [1.54, 1.807) is 24.3 Å². The Morgan fingerprint density at radius 1 is 1.33 bits per heavy atom. The Morgan fingerprint density at radius 3 is 2.47 bits per heavy atom. The Labute approximate surface area is 92.5 Å². The van der Waals surface area contributed by atoms with Crippen molar-refractivity contribution in [2.75, 3.05) is 0 Å². The highest BCUT2D eigenvalue weighted by Gasteiger charge is 2.18. The maximum Gasteiger partial charge on any atom is 0.144 e. The summed E-state index contributed by atoms with van der Waals surface area (Å²) in [5.74, 6) is 0.146. The van der Waals surface area contributed by atoms with E-state index in [1.165, 1.54) is 6.21 Å². The Hall–Kier alpha value is -1.16. The van der Waals surface area contributed by atoms with Crippen LogP contribution in [-0.4, -0.2) is 20.3 Å². The molecule has 0 aliphatic heterocycles. The van der Waals surface area contributed by atoms with E-state index in [1.807, 2.05) is 20.8 Å². The average molecular weight is 225 g/mol. The molecule has 4 heteroatoms. The smallest absolute Gasteiger partial charge is 0.144 e. The van der Waals surface area contributed by atoms with Gasteiger partial charge in [-0.2, -0.15) is 4.40 Å². The Kier molecular flexibility index (Phi) is 3.63. The summed E-state index contributed by atoms with van der Waals surface area (Å²) in [6, 6.07) is 6.81. The maximum absolute atomic E-state index is 11.6. The van der Waals surface area contributed by atoms with E-state index < -0.39 is 11.0 Å². The van der Waals surface area contributed by atoms with Crippen molar-refractivity contribution in [2.24, 2.45) is 4.40 Å². The van der Waals surface area contributed by atoms with Gasteiger partial charge in [-0.3, -0.25) is 0 Å². The maximum atomic E-state index is 11.6. The van der Waals surface area contributed by atoms with E-state index in [0.29, 0.717) is 5.56 Å². The number of hydrogen-bond acceptors (Lipinski definition) is 2. The van der Waals surface area contributed by atoms with Crippen molar-refractivity contribution in [3.63, 3.8) is 0 Å². The summed E-state index contributed by atoms with van der Waals surface area (Å²) in [4.78, 5) is 0. The number of hydrogen-bond donors (Lipinski definition) is 1. The van der Waals surface area contributed by atoms with E-state index >= 15 is 0 Å². The largest absolute Gasteiger partial charge is 0.507 e. The molecule has 0 unspecified atom stereocenters. The van der Waals surface area contributed by atoms with Crippen LogP contribution in [0.3, 0.4) is 0 Å². The molecule has 1 aromatic rings. The Bertz CT molecular complexity index is 394. The lowest BCUT2D eigenvalue weighted by Gasteiger charge is -2.12. The van der Waals surface area contributed by atoms with Crippen molar-refractivity contribution in [3.05, 3.63) is 29.8 Å². The molecule has 0 amide bonds. The van der Waals surface area contributed by atoms with Crippen LogP contribution in [0.15, 0.2) is 28.7 Å². The highest BCUT2D eigenvalue weighted by atomic mass is 32.2. The van der Waals surface area contributed by atoms with Gasteiger partial charge >= 0.3 is 0 Å². The van der Waals surface area contributed by atoms with E-state index in [-0.39, 0.29) is 10.5 Å². The monoisotopic (exact) mass is 225 g/mol. The van der Waals surface area contributed by atoms with Crippen LogP contribution in [0.2, 0.25) is 0 Å². The molecule has 15 heavy (non-hydrogen) atoms. The van der Waals surface area contributed by atoms with Gasteiger partial charge in [-0.15, -0.1) is 0 Å². The molecule has 0 radical (unpaired) electrons. The molecule has 82 valence electrons. The standard InChI is InChI=1S/C11H15NO2S/c1-11(2,3)15(14)12-8-9-6-4-5-7-10(9)13/h4-8,13H,1-3H3/b12-8+/t15-/m1/s1. The van der Waals surface area contributed by atoms with Gasteiger partial charge in [-0.1, -0.05) is 12.1 Å². The zero-order valence-corrected chi connectivity index (χ0v) is 9.91. The lowest BCUT2D eigenvalue weighted by Crippen LogP contribution is -2.19. The summed E-state index contributed by atoms with van der Waals surface area (Å²) >= 11 is 0. The lowest BCUT2D eigenvalue weighted by atomic mass is 10.2. The number of aromatic hydroxyl groups is 1. The van der Waals surface area contributed by atoms with Crippen LogP contribution in [0.5, 0.6) is 5.75 Å². The van der Waals surface area contributed by atoms with Crippen molar-refractivity contribution in [1.29, 1.82) is 0 Å². The fourth-order valence-corrected chi connectivity index (χ4v) is 1.38. The summed E-state index contributed by atoms with van der Waals surface area (Å²) in [5, 5.41) is 9.44. The van der Waals surface area contributed by atoms with Gasteiger partial charge in [0.25, 0.3) is 0 Å². The molecule has 0 saturated carbocycles. The first-order valence-corrected chi connectivity index (χ1v) is 5.76. The van der Waals surface area contributed by atoms with Crippen molar-refractivity contribution in [3.8, 4) is 5.75 Å². The highest BCUT2D eigenvalue weighted by molar-refractivity contribution is 7.85. The molecule has 1 rings (SSSR count). The van der Waals surface area contributed by atoms with Gasteiger partial charge in [-0.05, 0) is 32.9 Å². The fourth-order valence-electron chi connectivity index (χ4n) is 0.859. The molecule has 0 saturated heterocycles. The molecule has 0 aliphatic rings. The van der Waals surface area contributed by atoms with E-state index in [9.17, 15) is 9.32 Å². The minimum atomic E-state index is -1.29. The first kappa shape index (κ1) is 11.9. The third kappa shape index (κ3) is 3.47. The van der Waals surface area contributed by atoms with Gasteiger partial charge < -0.3 is 5.11 Å². The number of benzene rings is 1. The molecule has 0 spiro atoms. The third-order valence-corrected chi connectivity index (χ3v) is 3.09. The fraction of sp³-hybridized carbons (Fsp3) is 0.364. The number of nitrogens with zero attached hydrogens (tertiary/aromatic N) is 1. The van der Waals surface area contributed by atoms with E-state index in [2.05, 4.69) is 4.40 Å². The molecule has 0 fully saturated rings. The molecule has 0 aromatic heterocycles. The Morgan fingerprint density at radius 2 is 1.93 bits per heavy atom. The van der Waals surface area contributed by atoms with E-state index in [0.717, 1.165) is 0 Å². The molecule has 0 aliphatic carbocycles. The second-order valence-corrected chi connectivity index (χ2v) is 6.09. The van der Waals surface area contributed by atoms with Gasteiger partial charge in [0.2, 0.25) is 0 Å². The van der Waals surface area contributed by atoms with Crippen LogP contribution in [-0.2, 0) is 11.0 Å². The first-order valence-electron chi connectivity index (χ1n) is 4.65. The molecule has 0 bridgehead atoms. The van der Waals surface area contributed by atoms with Crippen LogP contribution in [0, 0.1) is 0 Å². The minimum absolute atomic E-state index is 0.146. The predicted molar refractivity (Wildman–Crippen MR) is 63.6 cm³/mol. The van der Waals surface area contributed by atoms with Crippen molar-refractivity contribution >= 4 is 17.2 Å². The second kappa shape index (κ2) is 4.57. The van der Waals surface area contributed by atoms with E-state index in [4.69, 9.17) is 0 Å². The van der Waals surface area contributed by atoms with Gasteiger partial charge in [0.15, 0.2) is 0 Å². The zero-order valence-electron chi connectivity index (χ0n) is 9.10. The summed E-state index contributed by atoms with van der Waals surface area (Å²) in [5.41, 5.74) is 0.579. The lowest BCUT2D eigenvalue weighted by molar-refractivity contribution is 0.474. The van der Waals surface area contributed by atoms with Crippen LogP contribution < -0.4 is 0 Å². The summed E-state index contributed by atoms with van der Waals surface area (Å²) in [7, 11) is -1.29. The zero-order chi connectivity index (χ0) is 11.5. The van der Waals surface area contributed by atoms with Crippen molar-refractivity contribution in [2.45, 2.75) is 25.5 Å². The molecule has 0 heterocycles. The third-order valence-electron chi connectivity index (χ3n) is 1.75. The number of rotatable bonds is 2. The molecule has 1 atom stereocenters. The van der Waals surface area contributed by atoms with Crippen LogP contribution >= 0.6 is 0 Å². The van der Waals surface area contributed by atoms with Crippen LogP contribution in [0.1, 0.15) is 26.3 Å². The predicted octanol–water partition coefficient (Wildman–Crippen LogP) is 2.27. The van der Waals surface area contributed by atoms with Crippen LogP contribution in [0.4, 0.5) is 0 Å². The molecule has 1 N–H and O–H groups in total. The number of phenolic OH excluding ortho intramolecular Hbond substituents is 1. The van der Waals surface area contributed by atoms with Gasteiger partial charge in [0.05, 0.1) is 4.75 Å². The minimum Gasteiger partial charge on any atom is -0.507 e. The normalized spacial score (nSPS) is 14.3. The average Bonchev–Trinajstić information content (AvgIpc) is 2.14. The quantitative estimate of drug-likeness (QED) is 0.785. The van der Waals surface area contributed by atoms with Crippen molar-refractivity contribution in [1.82, 2.24) is 0 Å². The summed E-state index contributed by atoms with van der Waals surface area (Å²) in [6.45, 7) is 5.56. The van der Waals surface area contributed by atoms with Gasteiger partial charge in [-0.25, -0.2) is 4.21 Å². The van der Waals surface area contributed by atoms with Crippen molar-refractivity contribution < 1.29 is 9.32 Å². The Balaban J connectivity index is 2.84. The molecule has 3 nitrogen and oxygen atoms in total. The number of phenols is 1. The van der Waals surface area contributed by atoms with Gasteiger partial charge in [0, 0.05) is 11.8 Å². The summed E-state index contributed by atoms with van der Waals surface area (Å²) < 4.78 is 15.1. The number of para-hydroxylation sites is 1. The summed E-state index contributed by atoms with van der Waals surface area (Å²) in [6.07, 6.45) is 1.44. The topological polar surface area (TPSA) is 49.7 Å². The van der Waals surface area contributed by atoms with Crippen LogP contribution in [0.25, 0.3) is 0 Å². The second-order valence-electron chi connectivity index (χ2n) is 4.15. The highest BCUT2D eigenvalue weighted by Crippen LogP contribution is 2.15. The first-order chi connectivity index (χ1) is 6.91. The van der Waals surface area contributed by atoms with Gasteiger partial charge in [0.1, 0.15) is 16.7 Å².